The summed E-state index contributed by atoms with van der Waals surface area (Å²) in [5.74, 6) is -0.133. The maximum atomic E-state index is 12.8. The van der Waals surface area contributed by atoms with Gasteiger partial charge in [0.05, 0.1) is 5.41 Å². The first-order valence-electron chi connectivity index (χ1n) is 13.7. The summed E-state index contributed by atoms with van der Waals surface area (Å²) in [7, 11) is 0. The van der Waals surface area contributed by atoms with Gasteiger partial charge in [-0.25, -0.2) is 9.59 Å². The summed E-state index contributed by atoms with van der Waals surface area (Å²) in [5.41, 5.74) is 10.7. The molecule has 0 amide bonds. The van der Waals surface area contributed by atoms with Gasteiger partial charge in [0.1, 0.15) is 11.5 Å². The Balaban J connectivity index is 2.08. The minimum Gasteiger partial charge on any atom is -0.423 e. The van der Waals surface area contributed by atoms with Crippen LogP contribution in [0.2, 0.25) is 0 Å². The summed E-state index contributed by atoms with van der Waals surface area (Å²) < 4.78 is 12.2. The largest absolute Gasteiger partial charge is 0.423 e. The molecule has 0 radical (unpaired) electrons. The van der Waals surface area contributed by atoms with E-state index in [4.69, 9.17) is 9.47 Å². The highest BCUT2D eigenvalue weighted by Gasteiger charge is 2.50. The van der Waals surface area contributed by atoms with Crippen LogP contribution in [-0.2, 0) is 15.0 Å². The molecule has 206 valence electrons. The first-order valence-corrected chi connectivity index (χ1v) is 13.7. The highest BCUT2D eigenvalue weighted by molar-refractivity contribution is 5.91. The molecule has 0 N–H and O–H groups in total. The Morgan fingerprint density at radius 3 is 1.32 bits per heavy atom. The lowest BCUT2D eigenvalue weighted by molar-refractivity contribution is -0.129. The van der Waals surface area contributed by atoms with Gasteiger partial charge in [0.25, 0.3) is 0 Å². The molecule has 0 spiro atoms. The van der Waals surface area contributed by atoms with Crippen molar-refractivity contribution >= 4 is 11.9 Å². The number of hydrogen-bond donors (Lipinski definition) is 0. The number of carbonyl (C=O) groups excluding carboxylic acids is 2. The third-order valence-electron chi connectivity index (χ3n) is 8.70. The zero-order valence-electron chi connectivity index (χ0n) is 24.5. The molecule has 0 unspecified atom stereocenters. The second kappa shape index (κ2) is 10.4. The molecule has 0 saturated heterocycles. The summed E-state index contributed by atoms with van der Waals surface area (Å²) in [6.45, 7) is 19.4. The molecule has 1 aliphatic carbocycles. The molecule has 0 saturated carbocycles. The maximum absolute atomic E-state index is 12.8. The summed E-state index contributed by atoms with van der Waals surface area (Å²) in [6, 6.07) is 20.8. The van der Waals surface area contributed by atoms with Crippen molar-refractivity contribution in [2.45, 2.75) is 47.0 Å². The van der Waals surface area contributed by atoms with Crippen molar-refractivity contribution in [2.75, 3.05) is 0 Å². The molecule has 0 atom stereocenters. The van der Waals surface area contributed by atoms with Crippen LogP contribution in [0.15, 0.2) is 86.0 Å². The second-order valence-electron chi connectivity index (χ2n) is 10.7. The number of rotatable bonds is 6. The quantitative estimate of drug-likeness (QED) is 0.124. The molecule has 1 aliphatic rings. The van der Waals surface area contributed by atoms with Crippen LogP contribution in [0.4, 0.5) is 0 Å². The van der Waals surface area contributed by atoms with E-state index in [1.54, 1.807) is 0 Å². The van der Waals surface area contributed by atoms with Crippen molar-refractivity contribution in [1.82, 2.24) is 0 Å². The SMILES string of the molecule is C=CC(=O)Oc1c(C2(c3cc(C)c(C)c(C)c3OC(=O)C=C)c3ccccc3-c3ccccc32)cc(C)c(C)c1C. The van der Waals surface area contributed by atoms with Crippen LogP contribution in [0.1, 0.15) is 55.6 Å². The minimum atomic E-state index is -0.979. The van der Waals surface area contributed by atoms with Gasteiger partial charge in [0, 0.05) is 23.3 Å². The van der Waals surface area contributed by atoms with Crippen LogP contribution < -0.4 is 9.47 Å². The number of aryl methyl sites for hydroxylation is 2. The van der Waals surface area contributed by atoms with Crippen LogP contribution in [0.5, 0.6) is 11.5 Å². The molecule has 0 bridgehead atoms. The first kappa shape index (κ1) is 27.9. The fraction of sp³-hybridized carbons (Fsp3) is 0.189. The number of fused-ring (bicyclic) bond motifs is 3. The van der Waals surface area contributed by atoms with E-state index >= 15 is 0 Å². The molecule has 4 nitrogen and oxygen atoms in total. The minimum absolute atomic E-state index is 0.474. The number of esters is 2. The Bertz CT molecular complexity index is 1640. The number of ether oxygens (including phenoxy) is 2. The Kier molecular flexibility index (Phi) is 7.04. The summed E-state index contributed by atoms with van der Waals surface area (Å²) in [6.07, 6.45) is 2.36. The van der Waals surface area contributed by atoms with Gasteiger partial charge in [0.15, 0.2) is 0 Å². The Labute approximate surface area is 242 Å². The maximum Gasteiger partial charge on any atom is 0.335 e. The highest BCUT2D eigenvalue weighted by atomic mass is 16.5. The Morgan fingerprint density at radius 2 is 0.951 bits per heavy atom. The molecule has 0 aliphatic heterocycles. The van der Waals surface area contributed by atoms with E-state index in [-0.39, 0.29) is 0 Å². The average molecular weight is 543 g/mol. The third-order valence-corrected chi connectivity index (χ3v) is 8.70. The van der Waals surface area contributed by atoms with Crippen molar-refractivity contribution in [2.24, 2.45) is 0 Å². The van der Waals surface area contributed by atoms with Gasteiger partial charge in [-0.3, -0.25) is 0 Å². The van der Waals surface area contributed by atoms with Crippen LogP contribution >= 0.6 is 0 Å². The zero-order valence-corrected chi connectivity index (χ0v) is 24.5. The van der Waals surface area contributed by atoms with Gasteiger partial charge >= 0.3 is 11.9 Å². The van der Waals surface area contributed by atoms with E-state index in [0.29, 0.717) is 11.5 Å². The molecule has 5 rings (SSSR count). The summed E-state index contributed by atoms with van der Waals surface area (Å²) in [5, 5.41) is 0. The Morgan fingerprint density at radius 1 is 0.585 bits per heavy atom. The highest BCUT2D eigenvalue weighted by Crippen LogP contribution is 2.60. The fourth-order valence-corrected chi connectivity index (χ4v) is 6.18. The second-order valence-corrected chi connectivity index (χ2v) is 10.7. The normalized spacial score (nSPS) is 12.7. The molecule has 0 fully saturated rings. The van der Waals surface area contributed by atoms with Crippen molar-refractivity contribution in [1.29, 1.82) is 0 Å². The first-order chi connectivity index (χ1) is 19.6. The average Bonchev–Trinajstić information content (AvgIpc) is 3.28. The lowest BCUT2D eigenvalue weighted by Gasteiger charge is -2.37. The zero-order chi connectivity index (χ0) is 29.6. The van der Waals surface area contributed by atoms with Crippen molar-refractivity contribution in [3.63, 3.8) is 0 Å². The molecule has 41 heavy (non-hydrogen) atoms. The van der Waals surface area contributed by atoms with Crippen molar-refractivity contribution < 1.29 is 19.1 Å². The van der Waals surface area contributed by atoms with E-state index in [9.17, 15) is 9.59 Å². The smallest absolute Gasteiger partial charge is 0.335 e. The predicted octanol–water partition coefficient (Wildman–Crippen LogP) is 8.08. The topological polar surface area (TPSA) is 52.6 Å². The van der Waals surface area contributed by atoms with Crippen LogP contribution in [0.25, 0.3) is 11.1 Å². The van der Waals surface area contributed by atoms with Crippen LogP contribution in [-0.4, -0.2) is 11.9 Å². The molecule has 4 heteroatoms. The fourth-order valence-electron chi connectivity index (χ4n) is 6.18. The van der Waals surface area contributed by atoms with Gasteiger partial charge in [-0.15, -0.1) is 0 Å². The van der Waals surface area contributed by atoms with Gasteiger partial charge in [-0.05, 0) is 97.2 Å². The van der Waals surface area contributed by atoms with E-state index in [1.165, 1.54) is 12.2 Å². The van der Waals surface area contributed by atoms with E-state index in [2.05, 4.69) is 63.4 Å². The van der Waals surface area contributed by atoms with Crippen LogP contribution in [0, 0.1) is 41.5 Å². The van der Waals surface area contributed by atoms with E-state index in [0.717, 1.165) is 66.8 Å². The molecule has 4 aromatic carbocycles. The summed E-state index contributed by atoms with van der Waals surface area (Å²) >= 11 is 0. The van der Waals surface area contributed by atoms with Gasteiger partial charge < -0.3 is 9.47 Å². The van der Waals surface area contributed by atoms with Gasteiger partial charge in [-0.1, -0.05) is 73.8 Å². The van der Waals surface area contributed by atoms with Crippen molar-refractivity contribution in [3.05, 3.63) is 142 Å². The number of hydrogen-bond acceptors (Lipinski definition) is 4. The monoisotopic (exact) mass is 542 g/mol. The summed E-state index contributed by atoms with van der Waals surface area (Å²) in [4.78, 5) is 25.6. The number of benzene rings is 4. The van der Waals surface area contributed by atoms with Crippen molar-refractivity contribution in [3.8, 4) is 22.6 Å². The molecule has 0 heterocycles. The van der Waals surface area contributed by atoms with Gasteiger partial charge in [0.2, 0.25) is 0 Å². The predicted molar refractivity (Wildman–Crippen MR) is 164 cm³/mol. The third kappa shape index (κ3) is 4.13. The van der Waals surface area contributed by atoms with E-state index in [1.807, 2.05) is 52.0 Å². The lowest BCUT2D eigenvalue weighted by atomic mass is 9.65. The van der Waals surface area contributed by atoms with Gasteiger partial charge in [-0.2, -0.15) is 0 Å². The number of carbonyl (C=O) groups is 2. The molecule has 4 aromatic rings. The van der Waals surface area contributed by atoms with E-state index < -0.39 is 17.4 Å². The molecule has 0 aromatic heterocycles. The Hall–Kier alpha value is -4.70. The lowest BCUT2D eigenvalue weighted by Crippen LogP contribution is -2.32. The molecular formula is C37H34O4. The van der Waals surface area contributed by atoms with Crippen LogP contribution in [0.3, 0.4) is 0 Å². The standard InChI is InChI=1S/C37H34O4/c1-9-33(38)40-35-25(7)23(5)21(3)19-31(35)37(29-17-13-11-15-27(29)28-16-12-14-18-30(28)37)32-20-22(4)24(6)26(8)36(32)41-34(39)10-2/h9-20H,1-2H2,3-8H3. The molecular weight excluding hydrogens is 508 g/mol.